The lowest BCUT2D eigenvalue weighted by Crippen LogP contribution is -2.19. The molecular weight excluding hydrogens is 200 g/mol. The van der Waals surface area contributed by atoms with Gasteiger partial charge in [0.05, 0.1) is 6.67 Å². The average molecular weight is 214 g/mol. The van der Waals surface area contributed by atoms with Crippen LogP contribution >= 0.6 is 0 Å². The van der Waals surface area contributed by atoms with Crippen LogP contribution < -0.4 is 5.32 Å². The standard InChI is InChI=1S/C13H14N2O/c1-11(9-16)13-4-2-12(3-5-13)8-15-7-6-14-10-15/h2-7,14H,8,10H2,1H3. The first-order valence-corrected chi connectivity index (χ1v) is 5.25. The third-order valence-corrected chi connectivity index (χ3v) is 2.62. The molecule has 0 aromatic heterocycles. The van der Waals surface area contributed by atoms with Gasteiger partial charge in [0, 0.05) is 24.5 Å². The highest BCUT2D eigenvalue weighted by molar-refractivity contribution is 5.86. The molecular formula is C13H14N2O. The second-order valence-electron chi connectivity index (χ2n) is 3.85. The smallest absolute Gasteiger partial charge is 0.128 e. The fraction of sp³-hybridized carbons (Fsp3) is 0.231. The minimum absolute atomic E-state index is 0.647. The van der Waals surface area contributed by atoms with Crippen LogP contribution in [0.25, 0.3) is 5.57 Å². The Hall–Kier alpha value is -1.99. The van der Waals surface area contributed by atoms with E-state index in [4.69, 9.17) is 0 Å². The molecule has 0 radical (unpaired) electrons. The van der Waals surface area contributed by atoms with Crippen molar-refractivity contribution in [3.63, 3.8) is 0 Å². The van der Waals surface area contributed by atoms with Gasteiger partial charge >= 0.3 is 0 Å². The Balaban J connectivity index is 2.07. The van der Waals surface area contributed by atoms with Gasteiger partial charge in [-0.25, -0.2) is 4.79 Å². The van der Waals surface area contributed by atoms with E-state index in [-0.39, 0.29) is 0 Å². The van der Waals surface area contributed by atoms with Crippen molar-refractivity contribution in [2.24, 2.45) is 0 Å². The number of rotatable bonds is 3. The van der Waals surface area contributed by atoms with E-state index in [0.29, 0.717) is 5.57 Å². The highest BCUT2D eigenvalue weighted by Gasteiger charge is 2.04. The molecule has 2 rings (SSSR count). The predicted molar refractivity (Wildman–Crippen MR) is 63.9 cm³/mol. The maximum absolute atomic E-state index is 10.5. The summed E-state index contributed by atoms with van der Waals surface area (Å²) in [5.74, 6) is 1.91. The summed E-state index contributed by atoms with van der Waals surface area (Å²) in [7, 11) is 0. The van der Waals surface area contributed by atoms with Gasteiger partial charge in [-0.15, -0.1) is 0 Å². The maximum atomic E-state index is 10.5. The topological polar surface area (TPSA) is 32.3 Å². The molecule has 0 amide bonds. The molecule has 1 aliphatic rings. The summed E-state index contributed by atoms with van der Waals surface area (Å²) >= 11 is 0. The van der Waals surface area contributed by atoms with E-state index in [1.807, 2.05) is 42.6 Å². The molecule has 0 unspecified atom stereocenters. The van der Waals surface area contributed by atoms with Gasteiger partial charge in [0.15, 0.2) is 0 Å². The molecule has 82 valence electrons. The van der Waals surface area contributed by atoms with Crippen LogP contribution in [0.5, 0.6) is 0 Å². The van der Waals surface area contributed by atoms with Gasteiger partial charge in [-0.05, 0) is 18.1 Å². The Morgan fingerprint density at radius 3 is 2.75 bits per heavy atom. The van der Waals surface area contributed by atoms with Crippen molar-refractivity contribution < 1.29 is 4.79 Å². The lowest BCUT2D eigenvalue weighted by atomic mass is 10.1. The van der Waals surface area contributed by atoms with Crippen LogP contribution in [0.15, 0.2) is 36.7 Å². The summed E-state index contributed by atoms with van der Waals surface area (Å²) < 4.78 is 0. The molecule has 3 heteroatoms. The monoisotopic (exact) mass is 214 g/mol. The molecule has 0 atom stereocenters. The van der Waals surface area contributed by atoms with Gasteiger partial charge in [-0.2, -0.15) is 0 Å². The highest BCUT2D eigenvalue weighted by atomic mass is 16.1. The van der Waals surface area contributed by atoms with Crippen LogP contribution in [0.1, 0.15) is 18.1 Å². The van der Waals surface area contributed by atoms with Crippen molar-refractivity contribution in [3.05, 3.63) is 47.8 Å². The number of hydrogen-bond donors (Lipinski definition) is 1. The van der Waals surface area contributed by atoms with Gasteiger partial charge in [-0.3, -0.25) is 0 Å². The number of carbonyl (C=O) groups excluding carboxylic acids is 1. The zero-order valence-corrected chi connectivity index (χ0v) is 9.23. The highest BCUT2D eigenvalue weighted by Crippen LogP contribution is 2.13. The molecule has 3 nitrogen and oxygen atoms in total. The van der Waals surface area contributed by atoms with Gasteiger partial charge in [0.2, 0.25) is 0 Å². The minimum atomic E-state index is 0.647. The normalized spacial score (nSPS) is 13.4. The van der Waals surface area contributed by atoms with Crippen molar-refractivity contribution in [3.8, 4) is 0 Å². The van der Waals surface area contributed by atoms with E-state index >= 15 is 0 Å². The molecule has 0 saturated heterocycles. The lowest BCUT2D eigenvalue weighted by Gasteiger charge is -2.14. The SMILES string of the molecule is CC(=C=O)c1ccc(CN2C=CNC2)cc1. The average Bonchev–Trinajstić information content (AvgIpc) is 2.82. The van der Waals surface area contributed by atoms with Crippen LogP contribution in [0.2, 0.25) is 0 Å². The molecule has 0 saturated carbocycles. The fourth-order valence-corrected chi connectivity index (χ4v) is 1.64. The maximum Gasteiger partial charge on any atom is 0.128 e. The van der Waals surface area contributed by atoms with Crippen LogP contribution in [0.3, 0.4) is 0 Å². The predicted octanol–water partition coefficient (Wildman–Crippen LogP) is 1.76. The first-order valence-electron chi connectivity index (χ1n) is 5.25. The number of benzene rings is 1. The Morgan fingerprint density at radius 2 is 2.19 bits per heavy atom. The Bertz CT molecular complexity index is 442. The van der Waals surface area contributed by atoms with E-state index in [9.17, 15) is 4.79 Å². The third kappa shape index (κ3) is 2.33. The summed E-state index contributed by atoms with van der Waals surface area (Å²) in [6, 6.07) is 8.01. The summed E-state index contributed by atoms with van der Waals surface area (Å²) in [6.45, 7) is 3.51. The van der Waals surface area contributed by atoms with E-state index in [2.05, 4.69) is 10.2 Å². The largest absolute Gasteiger partial charge is 0.373 e. The molecule has 1 aromatic carbocycles. The first-order chi connectivity index (χ1) is 7.79. The van der Waals surface area contributed by atoms with E-state index in [0.717, 1.165) is 18.8 Å². The number of allylic oxidation sites excluding steroid dienone is 1. The Labute approximate surface area is 95.1 Å². The second kappa shape index (κ2) is 4.69. The van der Waals surface area contributed by atoms with E-state index in [1.54, 1.807) is 6.92 Å². The lowest BCUT2D eigenvalue weighted by molar-refractivity contribution is 0.385. The van der Waals surface area contributed by atoms with Gasteiger partial charge in [-0.1, -0.05) is 24.3 Å². The van der Waals surface area contributed by atoms with Crippen LogP contribution in [0, 0.1) is 0 Å². The molecule has 0 bridgehead atoms. The molecule has 16 heavy (non-hydrogen) atoms. The summed E-state index contributed by atoms with van der Waals surface area (Å²) in [4.78, 5) is 12.7. The van der Waals surface area contributed by atoms with Crippen molar-refractivity contribution in [1.29, 1.82) is 0 Å². The number of hydrogen-bond acceptors (Lipinski definition) is 3. The molecule has 0 fully saturated rings. The van der Waals surface area contributed by atoms with E-state index < -0.39 is 0 Å². The van der Waals surface area contributed by atoms with Crippen molar-refractivity contribution in [2.45, 2.75) is 13.5 Å². The fourth-order valence-electron chi connectivity index (χ4n) is 1.64. The molecule has 1 N–H and O–H groups in total. The van der Waals surface area contributed by atoms with E-state index in [1.165, 1.54) is 5.56 Å². The number of nitrogens with one attached hydrogen (secondary N) is 1. The Kier molecular flexibility index (Phi) is 3.08. The molecule has 0 spiro atoms. The zero-order chi connectivity index (χ0) is 11.4. The van der Waals surface area contributed by atoms with Gasteiger partial charge in [0.1, 0.15) is 5.94 Å². The first kappa shape index (κ1) is 10.5. The van der Waals surface area contributed by atoms with Crippen LogP contribution in [0.4, 0.5) is 0 Å². The summed E-state index contributed by atoms with van der Waals surface area (Å²) in [5.41, 5.74) is 2.82. The summed E-state index contributed by atoms with van der Waals surface area (Å²) in [5, 5.41) is 3.12. The second-order valence-corrected chi connectivity index (χ2v) is 3.85. The molecule has 0 aliphatic carbocycles. The van der Waals surface area contributed by atoms with Crippen molar-refractivity contribution in [2.75, 3.05) is 6.67 Å². The van der Waals surface area contributed by atoms with Crippen LogP contribution in [-0.2, 0) is 11.3 Å². The molecule has 1 aliphatic heterocycles. The van der Waals surface area contributed by atoms with Gasteiger partial charge < -0.3 is 10.2 Å². The number of nitrogens with zero attached hydrogens (tertiary/aromatic N) is 1. The van der Waals surface area contributed by atoms with Crippen molar-refractivity contribution in [1.82, 2.24) is 10.2 Å². The minimum Gasteiger partial charge on any atom is -0.373 e. The molecule has 1 aromatic rings. The summed E-state index contributed by atoms with van der Waals surface area (Å²) in [6.07, 6.45) is 3.97. The van der Waals surface area contributed by atoms with Gasteiger partial charge in [0.25, 0.3) is 0 Å². The zero-order valence-electron chi connectivity index (χ0n) is 9.23. The van der Waals surface area contributed by atoms with Crippen molar-refractivity contribution >= 4 is 11.5 Å². The Morgan fingerprint density at radius 1 is 1.44 bits per heavy atom. The molecule has 1 heterocycles. The third-order valence-electron chi connectivity index (χ3n) is 2.62. The quantitative estimate of drug-likeness (QED) is 0.778. The van der Waals surface area contributed by atoms with Crippen LogP contribution in [-0.4, -0.2) is 17.5 Å².